The number of hydrogen-bond donors (Lipinski definition) is 2. The molecule has 3 N–H and O–H groups in total. The second-order valence-corrected chi connectivity index (χ2v) is 5.40. The van der Waals surface area contributed by atoms with Gasteiger partial charge in [0.05, 0.1) is 6.04 Å². The largest absolute Gasteiger partial charge is 0.398 e. The number of nitrogens with two attached hydrogens (primary N) is 1. The zero-order chi connectivity index (χ0) is 15.2. The fourth-order valence-electron chi connectivity index (χ4n) is 2.31. The molecule has 0 aliphatic heterocycles. The van der Waals surface area contributed by atoms with E-state index in [1.807, 2.05) is 31.2 Å². The second-order valence-electron chi connectivity index (χ2n) is 5.40. The van der Waals surface area contributed by atoms with E-state index in [9.17, 15) is 4.79 Å². The van der Waals surface area contributed by atoms with Crippen LogP contribution >= 0.6 is 0 Å². The Morgan fingerprint density at radius 3 is 2.48 bits per heavy atom. The molecule has 2 aromatic carbocycles. The molecule has 0 radical (unpaired) electrons. The lowest BCUT2D eigenvalue weighted by Gasteiger charge is -2.16. The Hall–Kier alpha value is -2.29. The zero-order valence-corrected chi connectivity index (χ0v) is 12.6. The van der Waals surface area contributed by atoms with Gasteiger partial charge in [-0.1, -0.05) is 48.0 Å². The van der Waals surface area contributed by atoms with E-state index < -0.39 is 0 Å². The van der Waals surface area contributed by atoms with Crippen molar-refractivity contribution in [1.29, 1.82) is 0 Å². The summed E-state index contributed by atoms with van der Waals surface area (Å²) >= 11 is 0. The van der Waals surface area contributed by atoms with Crippen molar-refractivity contribution in [1.82, 2.24) is 5.32 Å². The molecule has 1 amide bonds. The van der Waals surface area contributed by atoms with Crippen molar-refractivity contribution >= 4 is 11.6 Å². The van der Waals surface area contributed by atoms with Crippen molar-refractivity contribution in [2.45, 2.75) is 32.7 Å². The van der Waals surface area contributed by atoms with E-state index in [0.29, 0.717) is 12.1 Å². The molecule has 0 saturated heterocycles. The minimum Gasteiger partial charge on any atom is -0.398 e. The number of nitrogen functional groups attached to an aromatic ring is 1. The third kappa shape index (κ3) is 4.35. The number of hydrogen-bond acceptors (Lipinski definition) is 2. The van der Waals surface area contributed by atoms with Crippen LogP contribution in [0, 0.1) is 6.92 Å². The van der Waals surface area contributed by atoms with Gasteiger partial charge in [-0.2, -0.15) is 0 Å². The molecule has 110 valence electrons. The minimum absolute atomic E-state index is 0.0475. The van der Waals surface area contributed by atoms with Gasteiger partial charge < -0.3 is 11.1 Å². The van der Waals surface area contributed by atoms with E-state index in [4.69, 9.17) is 5.73 Å². The van der Waals surface area contributed by atoms with Gasteiger partial charge in [0, 0.05) is 12.1 Å². The van der Waals surface area contributed by atoms with Crippen LogP contribution < -0.4 is 11.1 Å². The lowest BCUT2D eigenvalue weighted by molar-refractivity contribution is -0.121. The molecule has 3 heteroatoms. The summed E-state index contributed by atoms with van der Waals surface area (Å²) in [6, 6.07) is 15.8. The highest BCUT2D eigenvalue weighted by molar-refractivity contribution is 5.77. The van der Waals surface area contributed by atoms with E-state index in [-0.39, 0.29) is 11.9 Å². The summed E-state index contributed by atoms with van der Waals surface area (Å²) in [6.07, 6.45) is 1.24. The van der Waals surface area contributed by atoms with Crippen LogP contribution in [0.2, 0.25) is 0 Å². The number of para-hydroxylation sites is 1. The van der Waals surface area contributed by atoms with Gasteiger partial charge >= 0.3 is 0 Å². The lowest BCUT2D eigenvalue weighted by atomic mass is 10.1. The Morgan fingerprint density at radius 2 is 1.81 bits per heavy atom. The molecule has 0 fully saturated rings. The summed E-state index contributed by atoms with van der Waals surface area (Å²) in [6.45, 7) is 4.01. The third-order valence-electron chi connectivity index (χ3n) is 3.60. The first-order valence-corrected chi connectivity index (χ1v) is 7.25. The van der Waals surface area contributed by atoms with E-state index in [1.165, 1.54) is 11.1 Å². The number of rotatable bonds is 5. The van der Waals surface area contributed by atoms with Gasteiger partial charge in [-0.05, 0) is 37.5 Å². The molecule has 0 bridgehead atoms. The Balaban J connectivity index is 1.87. The van der Waals surface area contributed by atoms with Crippen LogP contribution in [0.3, 0.4) is 0 Å². The van der Waals surface area contributed by atoms with Crippen molar-refractivity contribution in [2.24, 2.45) is 0 Å². The molecule has 0 aromatic heterocycles. The van der Waals surface area contributed by atoms with Gasteiger partial charge in [0.1, 0.15) is 0 Å². The number of nitrogens with one attached hydrogen (secondary N) is 1. The van der Waals surface area contributed by atoms with Crippen molar-refractivity contribution < 1.29 is 4.79 Å². The van der Waals surface area contributed by atoms with Crippen molar-refractivity contribution in [3.05, 3.63) is 65.2 Å². The fourth-order valence-corrected chi connectivity index (χ4v) is 2.31. The Bertz CT molecular complexity index is 605. The monoisotopic (exact) mass is 282 g/mol. The molecule has 0 saturated carbocycles. The number of carbonyl (C=O) groups is 1. The Morgan fingerprint density at radius 1 is 1.14 bits per heavy atom. The highest BCUT2D eigenvalue weighted by Gasteiger charge is 2.11. The molecule has 1 atom stereocenters. The van der Waals surface area contributed by atoms with Crippen LogP contribution in [0.4, 0.5) is 5.69 Å². The number of benzene rings is 2. The van der Waals surface area contributed by atoms with E-state index in [1.54, 1.807) is 0 Å². The number of anilines is 1. The van der Waals surface area contributed by atoms with Crippen molar-refractivity contribution in [3.63, 3.8) is 0 Å². The molecule has 2 aromatic rings. The summed E-state index contributed by atoms with van der Waals surface area (Å²) in [7, 11) is 0. The van der Waals surface area contributed by atoms with Crippen molar-refractivity contribution in [3.8, 4) is 0 Å². The summed E-state index contributed by atoms with van der Waals surface area (Å²) < 4.78 is 0. The van der Waals surface area contributed by atoms with Gasteiger partial charge in [0.2, 0.25) is 5.91 Å². The molecule has 0 heterocycles. The first-order valence-electron chi connectivity index (χ1n) is 7.25. The Kier molecular flexibility index (Phi) is 4.99. The van der Waals surface area contributed by atoms with E-state index in [2.05, 4.69) is 36.5 Å². The van der Waals surface area contributed by atoms with Gasteiger partial charge in [0.25, 0.3) is 0 Å². The Labute approximate surface area is 126 Å². The quantitative estimate of drug-likeness (QED) is 0.826. The van der Waals surface area contributed by atoms with Crippen LogP contribution in [0.5, 0.6) is 0 Å². The van der Waals surface area contributed by atoms with Crippen LogP contribution in [-0.4, -0.2) is 5.91 Å². The fraction of sp³-hybridized carbons (Fsp3) is 0.278. The standard InChI is InChI=1S/C18H22N2O/c1-13-7-9-15(10-8-13)11-12-18(21)20-14(2)16-5-3-4-6-17(16)19/h3-10,14H,11-12,19H2,1-2H3,(H,20,21). The van der Waals surface area contributed by atoms with Gasteiger partial charge in [-0.25, -0.2) is 0 Å². The topological polar surface area (TPSA) is 55.1 Å². The minimum atomic E-state index is -0.0725. The van der Waals surface area contributed by atoms with Crippen LogP contribution in [0.15, 0.2) is 48.5 Å². The SMILES string of the molecule is Cc1ccc(CCC(=O)NC(C)c2ccccc2N)cc1. The number of aryl methyl sites for hydroxylation is 2. The number of carbonyl (C=O) groups excluding carboxylic acids is 1. The van der Waals surface area contributed by atoms with Gasteiger partial charge in [-0.3, -0.25) is 4.79 Å². The molecule has 1 unspecified atom stereocenters. The second kappa shape index (κ2) is 6.93. The number of amides is 1. The van der Waals surface area contributed by atoms with Gasteiger partial charge in [-0.15, -0.1) is 0 Å². The zero-order valence-electron chi connectivity index (χ0n) is 12.6. The summed E-state index contributed by atoms with van der Waals surface area (Å²) in [5, 5.41) is 3.00. The average molecular weight is 282 g/mol. The predicted octanol–water partition coefficient (Wildman–Crippen LogP) is 3.39. The normalized spacial score (nSPS) is 11.9. The van der Waals surface area contributed by atoms with Crippen LogP contribution in [0.1, 0.15) is 36.1 Å². The third-order valence-corrected chi connectivity index (χ3v) is 3.60. The van der Waals surface area contributed by atoms with E-state index >= 15 is 0 Å². The maximum absolute atomic E-state index is 12.0. The molecule has 21 heavy (non-hydrogen) atoms. The first-order chi connectivity index (χ1) is 10.1. The van der Waals surface area contributed by atoms with Crippen LogP contribution in [-0.2, 0) is 11.2 Å². The van der Waals surface area contributed by atoms with Crippen LogP contribution in [0.25, 0.3) is 0 Å². The average Bonchev–Trinajstić information content (AvgIpc) is 2.47. The highest BCUT2D eigenvalue weighted by atomic mass is 16.1. The lowest BCUT2D eigenvalue weighted by Crippen LogP contribution is -2.27. The molecule has 3 nitrogen and oxygen atoms in total. The van der Waals surface area contributed by atoms with E-state index in [0.717, 1.165) is 12.0 Å². The summed E-state index contributed by atoms with van der Waals surface area (Å²) in [4.78, 5) is 12.0. The smallest absolute Gasteiger partial charge is 0.220 e. The predicted molar refractivity (Wildman–Crippen MR) is 86.9 cm³/mol. The molecular weight excluding hydrogens is 260 g/mol. The maximum Gasteiger partial charge on any atom is 0.220 e. The first kappa shape index (κ1) is 15.1. The molecular formula is C18H22N2O. The molecule has 0 aliphatic carbocycles. The molecule has 2 rings (SSSR count). The summed E-state index contributed by atoms with van der Waals surface area (Å²) in [5.74, 6) is 0.0475. The molecule has 0 spiro atoms. The maximum atomic E-state index is 12.0. The summed E-state index contributed by atoms with van der Waals surface area (Å²) in [5.41, 5.74) is 10.0. The molecule has 0 aliphatic rings. The van der Waals surface area contributed by atoms with Gasteiger partial charge in [0.15, 0.2) is 0 Å². The highest BCUT2D eigenvalue weighted by Crippen LogP contribution is 2.19. The van der Waals surface area contributed by atoms with Crippen molar-refractivity contribution in [2.75, 3.05) is 5.73 Å².